The van der Waals surface area contributed by atoms with Gasteiger partial charge in [0.2, 0.25) is 0 Å². The molecule has 1 aromatic heterocycles. The maximum Gasteiger partial charge on any atom is 0.336 e. The highest BCUT2D eigenvalue weighted by Gasteiger charge is 2.30. The number of hydrogen-bond donors (Lipinski definition) is 1. The van der Waals surface area contributed by atoms with Crippen LogP contribution in [0.2, 0.25) is 0 Å². The van der Waals surface area contributed by atoms with Gasteiger partial charge in [-0.05, 0) is 43.4 Å². The van der Waals surface area contributed by atoms with E-state index in [1.54, 1.807) is 17.8 Å². The van der Waals surface area contributed by atoms with Gasteiger partial charge >= 0.3 is 5.63 Å². The van der Waals surface area contributed by atoms with Crippen LogP contribution in [0.4, 0.5) is 0 Å². The maximum atomic E-state index is 11.9. The fourth-order valence-corrected chi connectivity index (χ4v) is 4.63. The molecule has 1 fully saturated rings. The first-order chi connectivity index (χ1) is 11.6. The number of hydrogen-bond acceptors (Lipinski definition) is 5. The third kappa shape index (κ3) is 3.58. The Hall–Kier alpha value is -1.46. The Morgan fingerprint density at radius 1 is 1.28 bits per heavy atom. The summed E-state index contributed by atoms with van der Waals surface area (Å²) in [5, 5.41) is 5.61. The lowest BCUT2D eigenvalue weighted by atomic mass is 9.92. The number of thioether (sulfide) groups is 1. The second-order valence-corrected chi connectivity index (χ2v) is 7.76. The molecule has 2 unspecified atom stereocenters. The first-order valence-corrected chi connectivity index (χ1v) is 9.60. The molecule has 0 bridgehead atoms. The minimum absolute atomic E-state index is 0. The first-order valence-electron chi connectivity index (χ1n) is 8.62. The van der Waals surface area contributed by atoms with Crippen LogP contribution >= 0.6 is 24.2 Å². The quantitative estimate of drug-likeness (QED) is 0.790. The van der Waals surface area contributed by atoms with Crippen molar-refractivity contribution in [3.63, 3.8) is 0 Å². The zero-order valence-corrected chi connectivity index (χ0v) is 16.1. The van der Waals surface area contributed by atoms with Crippen molar-refractivity contribution < 1.29 is 4.42 Å². The van der Waals surface area contributed by atoms with E-state index in [2.05, 4.69) is 17.4 Å². The Morgan fingerprint density at radius 2 is 2.08 bits per heavy atom. The van der Waals surface area contributed by atoms with Crippen LogP contribution in [0, 0.1) is 13.8 Å². The van der Waals surface area contributed by atoms with E-state index in [-0.39, 0.29) is 18.0 Å². The molecule has 4 nitrogen and oxygen atoms in total. The lowest BCUT2D eigenvalue weighted by molar-refractivity contribution is 0.385. The summed E-state index contributed by atoms with van der Waals surface area (Å²) < 4.78 is 5.45. The molecule has 0 spiro atoms. The summed E-state index contributed by atoms with van der Waals surface area (Å²) in [7, 11) is 0. The van der Waals surface area contributed by atoms with Crippen molar-refractivity contribution in [2.45, 2.75) is 57.4 Å². The van der Waals surface area contributed by atoms with Crippen LogP contribution in [-0.2, 0) is 5.75 Å². The Bertz CT molecular complexity index is 878. The van der Waals surface area contributed by atoms with E-state index >= 15 is 0 Å². The van der Waals surface area contributed by atoms with Crippen molar-refractivity contribution in [1.82, 2.24) is 5.32 Å². The van der Waals surface area contributed by atoms with Gasteiger partial charge in [-0.3, -0.25) is 4.99 Å². The molecule has 1 aliphatic carbocycles. The Morgan fingerprint density at radius 3 is 2.88 bits per heavy atom. The highest BCUT2D eigenvalue weighted by Crippen LogP contribution is 2.30. The molecule has 0 amide bonds. The molecule has 2 aliphatic rings. The lowest BCUT2D eigenvalue weighted by Gasteiger charge is -2.23. The van der Waals surface area contributed by atoms with E-state index in [1.165, 1.54) is 25.7 Å². The Labute approximate surface area is 157 Å². The molecule has 134 valence electrons. The highest BCUT2D eigenvalue weighted by atomic mass is 35.5. The van der Waals surface area contributed by atoms with Gasteiger partial charge in [0.25, 0.3) is 0 Å². The number of benzene rings is 1. The molecule has 1 N–H and O–H groups in total. The number of aliphatic imine (C=N–C) groups is 1. The Kier molecular flexibility index (Phi) is 5.44. The van der Waals surface area contributed by atoms with Crippen molar-refractivity contribution in [1.29, 1.82) is 0 Å². The summed E-state index contributed by atoms with van der Waals surface area (Å²) in [5.74, 6) is 0.732. The molecule has 1 saturated carbocycles. The molecule has 4 rings (SSSR count). The molecule has 2 atom stereocenters. The van der Waals surface area contributed by atoms with Crippen molar-refractivity contribution in [2.75, 3.05) is 0 Å². The largest absolute Gasteiger partial charge is 0.422 e. The van der Waals surface area contributed by atoms with E-state index in [1.807, 2.05) is 13.8 Å². The van der Waals surface area contributed by atoms with Gasteiger partial charge in [0.15, 0.2) is 5.17 Å². The Balaban J connectivity index is 0.00000182. The summed E-state index contributed by atoms with van der Waals surface area (Å²) in [5.41, 5.74) is 3.64. The van der Waals surface area contributed by atoms with Crippen LogP contribution < -0.4 is 10.9 Å². The highest BCUT2D eigenvalue weighted by molar-refractivity contribution is 8.13. The van der Waals surface area contributed by atoms with Crippen molar-refractivity contribution in [3.05, 3.63) is 45.3 Å². The topological polar surface area (TPSA) is 54.6 Å². The molecule has 6 heteroatoms. The van der Waals surface area contributed by atoms with Crippen LogP contribution in [0.15, 0.2) is 32.4 Å². The van der Waals surface area contributed by atoms with Crippen LogP contribution in [-0.4, -0.2) is 17.3 Å². The number of rotatable bonds is 2. The molecule has 1 aliphatic heterocycles. The number of nitrogens with one attached hydrogen (secondary N) is 1. The number of amidine groups is 1. The third-order valence-electron chi connectivity index (χ3n) is 5.20. The van der Waals surface area contributed by atoms with Crippen LogP contribution in [0.3, 0.4) is 0 Å². The fraction of sp³-hybridized carbons (Fsp3) is 0.474. The van der Waals surface area contributed by atoms with Gasteiger partial charge in [-0.2, -0.15) is 0 Å². The van der Waals surface area contributed by atoms with Gasteiger partial charge < -0.3 is 9.73 Å². The summed E-state index contributed by atoms with van der Waals surface area (Å²) >= 11 is 1.70. The lowest BCUT2D eigenvalue weighted by Crippen LogP contribution is -2.36. The third-order valence-corrected chi connectivity index (χ3v) is 6.16. The monoisotopic (exact) mass is 378 g/mol. The van der Waals surface area contributed by atoms with Gasteiger partial charge in [-0.15, -0.1) is 12.4 Å². The van der Waals surface area contributed by atoms with E-state index in [9.17, 15) is 4.79 Å². The normalized spacial score (nSPS) is 22.1. The molecule has 2 aromatic rings. The number of fused-ring (bicyclic) bond motifs is 2. The summed E-state index contributed by atoms with van der Waals surface area (Å²) in [6, 6.07) is 6.73. The molecule has 1 aromatic carbocycles. The number of aryl methyl sites for hydroxylation is 2. The zero-order chi connectivity index (χ0) is 16.7. The van der Waals surface area contributed by atoms with Crippen molar-refractivity contribution in [3.8, 4) is 0 Å². The summed E-state index contributed by atoms with van der Waals surface area (Å²) in [4.78, 5) is 16.8. The van der Waals surface area contributed by atoms with Crippen molar-refractivity contribution >= 4 is 40.3 Å². The molecule has 2 heterocycles. The van der Waals surface area contributed by atoms with Gasteiger partial charge in [-0.25, -0.2) is 4.79 Å². The van der Waals surface area contributed by atoms with Gasteiger partial charge in [0.05, 0.1) is 12.1 Å². The summed E-state index contributed by atoms with van der Waals surface area (Å²) in [6.07, 6.45) is 4.99. The number of nitrogens with zero attached hydrogens (tertiary/aromatic N) is 1. The van der Waals surface area contributed by atoms with Gasteiger partial charge in [-0.1, -0.05) is 36.7 Å². The predicted octanol–water partition coefficient (Wildman–Crippen LogP) is 4.34. The first kappa shape index (κ1) is 18.3. The van der Waals surface area contributed by atoms with Gasteiger partial charge in [0, 0.05) is 17.2 Å². The average molecular weight is 379 g/mol. The minimum Gasteiger partial charge on any atom is -0.422 e. The molecule has 25 heavy (non-hydrogen) atoms. The number of halogens is 1. The van der Waals surface area contributed by atoms with Crippen LogP contribution in [0.1, 0.15) is 42.4 Å². The minimum atomic E-state index is -0.276. The second kappa shape index (κ2) is 7.42. The smallest absolute Gasteiger partial charge is 0.336 e. The molecule has 0 saturated heterocycles. The average Bonchev–Trinajstić information content (AvgIpc) is 2.99. The fourth-order valence-electron chi connectivity index (χ4n) is 3.65. The predicted molar refractivity (Wildman–Crippen MR) is 107 cm³/mol. The SMILES string of the molecule is Cc1ccc2c(CSC3=NC4CCCCC4N3)cc(=O)oc2c1C.Cl. The van der Waals surface area contributed by atoms with E-state index in [4.69, 9.17) is 9.41 Å². The van der Waals surface area contributed by atoms with Gasteiger partial charge in [0.1, 0.15) is 5.58 Å². The molecular weight excluding hydrogens is 356 g/mol. The standard InChI is InChI=1S/C19H22N2O2S.ClH/c1-11-7-8-14-13(9-17(22)23-18(14)12(11)2)10-24-19-20-15-5-3-4-6-16(15)21-19;/h7-9,15-16H,3-6,10H2,1-2H3,(H,20,21);1H. The van der Waals surface area contributed by atoms with Crippen LogP contribution in [0.25, 0.3) is 11.0 Å². The van der Waals surface area contributed by atoms with Crippen molar-refractivity contribution in [2.24, 2.45) is 4.99 Å². The van der Waals surface area contributed by atoms with E-state index in [0.29, 0.717) is 17.7 Å². The summed E-state index contributed by atoms with van der Waals surface area (Å²) in [6.45, 7) is 4.04. The van der Waals surface area contributed by atoms with Crippen LogP contribution in [0.5, 0.6) is 0 Å². The maximum absolute atomic E-state index is 11.9. The molecule has 0 radical (unpaired) electrons. The molecular formula is C19H23ClN2O2S. The van der Waals surface area contributed by atoms with E-state index < -0.39 is 0 Å². The van der Waals surface area contributed by atoms with E-state index in [0.717, 1.165) is 33.0 Å². The zero-order valence-electron chi connectivity index (χ0n) is 14.5. The second-order valence-electron chi connectivity index (χ2n) is 6.80.